The van der Waals surface area contributed by atoms with Crippen LogP contribution in [0.15, 0.2) is 29.4 Å². The Kier molecular flexibility index (Phi) is 3.82. The number of benzene rings is 1. The SMILES string of the molecule is CC(C)(C)/C=C/c1cccc2c1OC(CN=[N+]=[N-])C2. The lowest BCUT2D eigenvalue weighted by Gasteiger charge is -2.12. The van der Waals surface area contributed by atoms with Gasteiger partial charge in [-0.2, -0.15) is 0 Å². The predicted molar refractivity (Wildman–Crippen MR) is 77.1 cm³/mol. The molecule has 0 saturated heterocycles. The van der Waals surface area contributed by atoms with E-state index in [0.717, 1.165) is 17.7 Å². The number of azide groups is 1. The van der Waals surface area contributed by atoms with Crippen LogP contribution in [0, 0.1) is 5.41 Å². The highest BCUT2D eigenvalue weighted by molar-refractivity contribution is 5.61. The second kappa shape index (κ2) is 5.37. The van der Waals surface area contributed by atoms with Gasteiger partial charge in [0.25, 0.3) is 0 Å². The lowest BCUT2D eigenvalue weighted by molar-refractivity contribution is 0.241. The summed E-state index contributed by atoms with van der Waals surface area (Å²) in [5.41, 5.74) is 10.8. The van der Waals surface area contributed by atoms with E-state index >= 15 is 0 Å². The van der Waals surface area contributed by atoms with Crippen LogP contribution in [-0.4, -0.2) is 12.6 Å². The third-order valence-corrected chi connectivity index (χ3v) is 2.97. The lowest BCUT2D eigenvalue weighted by atomic mass is 9.95. The largest absolute Gasteiger partial charge is 0.489 e. The second-order valence-electron chi connectivity index (χ2n) is 5.89. The normalized spacial score (nSPS) is 17.9. The Balaban J connectivity index is 2.20. The summed E-state index contributed by atoms with van der Waals surface area (Å²) in [5.74, 6) is 0.932. The molecule has 0 spiro atoms. The van der Waals surface area contributed by atoms with Crippen molar-refractivity contribution in [3.63, 3.8) is 0 Å². The molecule has 1 aromatic carbocycles. The third-order valence-electron chi connectivity index (χ3n) is 2.97. The van der Waals surface area contributed by atoms with Crippen molar-refractivity contribution in [1.29, 1.82) is 0 Å². The van der Waals surface area contributed by atoms with Crippen LogP contribution in [0.4, 0.5) is 0 Å². The maximum atomic E-state index is 8.36. The summed E-state index contributed by atoms with van der Waals surface area (Å²) >= 11 is 0. The van der Waals surface area contributed by atoms with E-state index in [-0.39, 0.29) is 11.5 Å². The summed E-state index contributed by atoms with van der Waals surface area (Å²) in [6.45, 7) is 6.88. The van der Waals surface area contributed by atoms with Crippen LogP contribution in [0.25, 0.3) is 16.5 Å². The quantitative estimate of drug-likeness (QED) is 0.451. The van der Waals surface area contributed by atoms with Crippen molar-refractivity contribution in [3.8, 4) is 5.75 Å². The Labute approximate surface area is 113 Å². The molecule has 19 heavy (non-hydrogen) atoms. The maximum absolute atomic E-state index is 8.36. The van der Waals surface area contributed by atoms with Crippen LogP contribution in [-0.2, 0) is 6.42 Å². The number of allylic oxidation sites excluding steroid dienone is 1. The van der Waals surface area contributed by atoms with E-state index in [1.165, 1.54) is 5.56 Å². The third kappa shape index (κ3) is 3.52. The zero-order valence-corrected chi connectivity index (χ0v) is 11.6. The first-order chi connectivity index (χ1) is 8.99. The van der Waals surface area contributed by atoms with Crippen LogP contribution in [0.5, 0.6) is 5.75 Å². The minimum Gasteiger partial charge on any atom is -0.489 e. The van der Waals surface area contributed by atoms with Gasteiger partial charge in [-0.05, 0) is 16.5 Å². The maximum Gasteiger partial charge on any atom is 0.130 e. The zero-order valence-electron chi connectivity index (χ0n) is 11.6. The summed E-state index contributed by atoms with van der Waals surface area (Å²) in [6.07, 6.45) is 5.06. The van der Waals surface area contributed by atoms with Crippen molar-refractivity contribution in [3.05, 3.63) is 45.8 Å². The molecular weight excluding hydrogens is 238 g/mol. The number of fused-ring (bicyclic) bond motifs is 1. The van der Waals surface area contributed by atoms with Crippen molar-refractivity contribution < 1.29 is 4.74 Å². The van der Waals surface area contributed by atoms with Gasteiger partial charge in [-0.15, -0.1) is 0 Å². The molecule has 0 bridgehead atoms. The first kappa shape index (κ1) is 13.5. The fraction of sp³-hybridized carbons (Fsp3) is 0.467. The molecule has 1 aliphatic heterocycles. The van der Waals surface area contributed by atoms with Crippen LogP contribution in [0.2, 0.25) is 0 Å². The number of hydrogen-bond acceptors (Lipinski definition) is 2. The molecule has 0 amide bonds. The van der Waals surface area contributed by atoms with Crippen molar-refractivity contribution >= 4 is 6.08 Å². The zero-order chi connectivity index (χ0) is 13.9. The molecule has 0 N–H and O–H groups in total. The van der Waals surface area contributed by atoms with Crippen molar-refractivity contribution in [2.24, 2.45) is 10.5 Å². The molecule has 0 aliphatic carbocycles. The van der Waals surface area contributed by atoms with Crippen LogP contribution < -0.4 is 4.74 Å². The standard InChI is InChI=1S/C15H19N3O/c1-15(2,3)8-7-11-5-4-6-12-9-13(10-17-18-16)19-14(11)12/h4-8,13H,9-10H2,1-3H3/b8-7+. The molecule has 2 rings (SSSR count). The first-order valence-electron chi connectivity index (χ1n) is 6.48. The molecule has 0 fully saturated rings. The van der Waals surface area contributed by atoms with Gasteiger partial charge in [-0.1, -0.05) is 56.2 Å². The van der Waals surface area contributed by atoms with Crippen molar-refractivity contribution in [1.82, 2.24) is 0 Å². The molecule has 1 unspecified atom stereocenters. The van der Waals surface area contributed by atoms with E-state index < -0.39 is 0 Å². The highest BCUT2D eigenvalue weighted by atomic mass is 16.5. The average molecular weight is 257 g/mol. The van der Waals surface area contributed by atoms with Gasteiger partial charge in [0.05, 0.1) is 6.54 Å². The summed E-state index contributed by atoms with van der Waals surface area (Å²) in [7, 11) is 0. The van der Waals surface area contributed by atoms with Crippen LogP contribution in [0.3, 0.4) is 0 Å². The van der Waals surface area contributed by atoms with E-state index in [4.69, 9.17) is 10.3 Å². The van der Waals surface area contributed by atoms with E-state index in [2.05, 4.69) is 55.1 Å². The molecule has 1 atom stereocenters. The summed E-state index contributed by atoms with van der Waals surface area (Å²) < 4.78 is 5.89. The minimum atomic E-state index is -0.0323. The van der Waals surface area contributed by atoms with Gasteiger partial charge in [-0.3, -0.25) is 0 Å². The van der Waals surface area contributed by atoms with Gasteiger partial charge in [0.2, 0.25) is 0 Å². The molecule has 1 aliphatic rings. The van der Waals surface area contributed by atoms with Gasteiger partial charge in [0.1, 0.15) is 11.9 Å². The van der Waals surface area contributed by atoms with E-state index in [0.29, 0.717) is 6.54 Å². The molecule has 100 valence electrons. The molecule has 4 heteroatoms. The number of rotatable bonds is 3. The first-order valence-corrected chi connectivity index (χ1v) is 6.48. The Hall–Kier alpha value is -1.93. The molecule has 0 saturated carbocycles. The fourth-order valence-corrected chi connectivity index (χ4v) is 2.06. The Morgan fingerprint density at radius 3 is 2.95 bits per heavy atom. The topological polar surface area (TPSA) is 58.0 Å². The highest BCUT2D eigenvalue weighted by Crippen LogP contribution is 2.34. The van der Waals surface area contributed by atoms with Crippen molar-refractivity contribution in [2.75, 3.05) is 6.54 Å². The number of nitrogens with zero attached hydrogens (tertiary/aromatic N) is 3. The Morgan fingerprint density at radius 2 is 2.26 bits per heavy atom. The Bertz CT molecular complexity index is 537. The molecule has 4 nitrogen and oxygen atoms in total. The smallest absolute Gasteiger partial charge is 0.130 e. The minimum absolute atomic E-state index is 0.0323. The highest BCUT2D eigenvalue weighted by Gasteiger charge is 2.23. The lowest BCUT2D eigenvalue weighted by Crippen LogP contribution is -2.16. The van der Waals surface area contributed by atoms with Gasteiger partial charge in [0.15, 0.2) is 0 Å². The number of hydrogen-bond donors (Lipinski definition) is 0. The van der Waals surface area contributed by atoms with Crippen molar-refractivity contribution in [2.45, 2.75) is 33.3 Å². The monoisotopic (exact) mass is 257 g/mol. The molecular formula is C15H19N3O. The fourth-order valence-electron chi connectivity index (χ4n) is 2.06. The van der Waals surface area contributed by atoms with E-state index in [1.54, 1.807) is 0 Å². The van der Waals surface area contributed by atoms with Crippen LogP contribution >= 0.6 is 0 Å². The summed E-state index contributed by atoms with van der Waals surface area (Å²) in [5, 5.41) is 3.59. The second-order valence-corrected chi connectivity index (χ2v) is 5.89. The van der Waals surface area contributed by atoms with Gasteiger partial charge in [-0.25, -0.2) is 0 Å². The predicted octanol–water partition coefficient (Wildman–Crippen LogP) is 4.36. The summed E-state index contributed by atoms with van der Waals surface area (Å²) in [4.78, 5) is 2.78. The number of ether oxygens (including phenoxy) is 1. The molecule has 0 radical (unpaired) electrons. The Morgan fingerprint density at radius 1 is 1.47 bits per heavy atom. The van der Waals surface area contributed by atoms with Crippen LogP contribution in [0.1, 0.15) is 31.9 Å². The van der Waals surface area contributed by atoms with Gasteiger partial charge in [0, 0.05) is 16.9 Å². The molecule has 1 heterocycles. The average Bonchev–Trinajstić information content (AvgIpc) is 2.76. The molecule has 0 aromatic heterocycles. The number of para-hydroxylation sites is 1. The van der Waals surface area contributed by atoms with Gasteiger partial charge >= 0.3 is 0 Å². The van der Waals surface area contributed by atoms with E-state index in [9.17, 15) is 0 Å². The molecule has 1 aromatic rings. The summed E-state index contributed by atoms with van der Waals surface area (Å²) in [6, 6.07) is 6.16. The van der Waals surface area contributed by atoms with Gasteiger partial charge < -0.3 is 4.74 Å². The van der Waals surface area contributed by atoms with E-state index in [1.807, 2.05) is 6.07 Å².